The highest BCUT2D eigenvalue weighted by molar-refractivity contribution is 7.89. The Morgan fingerprint density at radius 2 is 1.36 bits per heavy atom. The third-order valence-electron chi connectivity index (χ3n) is 7.86. The highest BCUT2D eigenvalue weighted by atomic mass is 35.5. The number of carbonyl (C=O) groups is 2. The topological polar surface area (TPSA) is 105 Å². The van der Waals surface area contributed by atoms with Gasteiger partial charge in [-0.3, -0.25) is 9.59 Å². The molecule has 0 saturated heterocycles. The molecule has 1 aromatic heterocycles. The average molecular weight is 641 g/mol. The molecular formula is C35H29ClN2O6S. The third-order valence-corrected chi connectivity index (χ3v) is 9.73. The van der Waals surface area contributed by atoms with Crippen LogP contribution in [0.3, 0.4) is 0 Å². The maximum Gasteiger partial charge on any atom is 0.324 e. The molecule has 1 aliphatic carbocycles. The van der Waals surface area contributed by atoms with Gasteiger partial charge in [-0.05, 0) is 54.8 Å². The minimum Gasteiger partial charge on any atom is -0.460 e. The van der Waals surface area contributed by atoms with E-state index in [1.807, 2.05) is 43.3 Å². The monoisotopic (exact) mass is 640 g/mol. The van der Waals surface area contributed by atoms with Crippen LogP contribution >= 0.6 is 11.6 Å². The van der Waals surface area contributed by atoms with Gasteiger partial charge in [0, 0.05) is 16.5 Å². The molecule has 5 aromatic rings. The van der Waals surface area contributed by atoms with Crippen LogP contribution in [-0.4, -0.2) is 29.5 Å². The normalized spacial score (nSPS) is 15.3. The Balaban J connectivity index is 1.40. The average Bonchev–Trinajstić information content (AvgIpc) is 3.66. The summed E-state index contributed by atoms with van der Waals surface area (Å²) in [6.07, 6.45) is -0.0105. The summed E-state index contributed by atoms with van der Waals surface area (Å²) < 4.78 is 40.3. The van der Waals surface area contributed by atoms with Crippen LogP contribution in [0.25, 0.3) is 11.3 Å². The summed E-state index contributed by atoms with van der Waals surface area (Å²) in [5, 5.41) is 5.00. The molecule has 1 fully saturated rings. The van der Waals surface area contributed by atoms with Gasteiger partial charge < -0.3 is 9.47 Å². The highest BCUT2D eigenvalue weighted by Gasteiger charge is 2.70. The fraction of sp³-hybridized carbons (Fsp3) is 0.171. The van der Waals surface area contributed by atoms with Gasteiger partial charge in [-0.1, -0.05) is 102 Å². The van der Waals surface area contributed by atoms with E-state index in [2.05, 4.69) is 5.10 Å². The molecule has 6 rings (SSSR count). The van der Waals surface area contributed by atoms with Gasteiger partial charge in [0.1, 0.15) is 13.2 Å². The molecule has 1 heterocycles. The Morgan fingerprint density at radius 3 is 1.89 bits per heavy atom. The number of benzene rings is 4. The second kappa shape index (κ2) is 12.3. The predicted molar refractivity (Wildman–Crippen MR) is 169 cm³/mol. The highest BCUT2D eigenvalue weighted by Crippen LogP contribution is 2.61. The number of halogens is 1. The number of ether oxygens (including phenoxy) is 2. The molecule has 0 aliphatic heterocycles. The summed E-state index contributed by atoms with van der Waals surface area (Å²) in [4.78, 5) is 27.6. The number of carbonyl (C=O) groups excluding carboxylic acids is 2. The van der Waals surface area contributed by atoms with Crippen LogP contribution in [0.4, 0.5) is 0 Å². The van der Waals surface area contributed by atoms with Gasteiger partial charge in [-0.15, -0.1) is 0 Å². The minimum atomic E-state index is -4.22. The number of rotatable bonds is 10. The predicted octanol–water partition coefficient (Wildman–Crippen LogP) is 6.71. The molecule has 8 nitrogen and oxygen atoms in total. The van der Waals surface area contributed by atoms with E-state index in [4.69, 9.17) is 21.1 Å². The zero-order valence-corrected chi connectivity index (χ0v) is 25.9. The minimum absolute atomic E-state index is 0.0105. The maximum atomic E-state index is 14.0. The number of nitrogens with zero attached hydrogens (tertiary/aromatic N) is 2. The van der Waals surface area contributed by atoms with Gasteiger partial charge in [0.25, 0.3) is 10.0 Å². The first-order chi connectivity index (χ1) is 21.7. The van der Waals surface area contributed by atoms with E-state index in [9.17, 15) is 18.0 Å². The van der Waals surface area contributed by atoms with E-state index in [0.29, 0.717) is 16.3 Å². The Bertz CT molecular complexity index is 1890. The Hall–Kier alpha value is -4.73. The van der Waals surface area contributed by atoms with E-state index in [0.717, 1.165) is 20.8 Å². The van der Waals surface area contributed by atoms with Crippen molar-refractivity contribution in [1.29, 1.82) is 0 Å². The van der Waals surface area contributed by atoms with Crippen molar-refractivity contribution in [3.8, 4) is 11.3 Å². The van der Waals surface area contributed by atoms with Crippen molar-refractivity contribution in [2.75, 3.05) is 0 Å². The fourth-order valence-corrected chi connectivity index (χ4v) is 6.69. The lowest BCUT2D eigenvalue weighted by molar-refractivity contribution is -0.166. The molecule has 1 atom stereocenters. The van der Waals surface area contributed by atoms with Crippen LogP contribution in [0.2, 0.25) is 5.02 Å². The molecular weight excluding hydrogens is 612 g/mol. The summed E-state index contributed by atoms with van der Waals surface area (Å²) in [7, 11) is -4.22. The van der Waals surface area contributed by atoms with Crippen molar-refractivity contribution in [1.82, 2.24) is 9.19 Å². The van der Waals surface area contributed by atoms with Crippen LogP contribution in [0.5, 0.6) is 0 Å². The van der Waals surface area contributed by atoms with Crippen molar-refractivity contribution in [3.05, 3.63) is 143 Å². The van der Waals surface area contributed by atoms with Crippen LogP contribution in [0.1, 0.15) is 34.7 Å². The van der Waals surface area contributed by atoms with Gasteiger partial charge in [-0.2, -0.15) is 17.6 Å². The van der Waals surface area contributed by atoms with Crippen molar-refractivity contribution in [3.63, 3.8) is 0 Å². The Kier molecular flexibility index (Phi) is 8.31. The number of hydrogen-bond acceptors (Lipinski definition) is 7. The Labute approximate surface area is 266 Å². The third kappa shape index (κ3) is 6.14. The second-order valence-electron chi connectivity index (χ2n) is 11.0. The van der Waals surface area contributed by atoms with Crippen LogP contribution in [0.15, 0.2) is 120 Å². The van der Waals surface area contributed by atoms with Crippen molar-refractivity contribution < 1.29 is 27.5 Å². The number of esters is 2. The molecule has 10 heteroatoms. The SMILES string of the molecule is Cc1ccc(S(=O)(=O)n2nc(-c3ccc(Cl)cc3)cc2[C@H]2CC2(C(=O)OCc2ccccc2)C(=O)OCc2ccccc2)cc1. The van der Waals surface area contributed by atoms with Crippen molar-refractivity contribution in [2.24, 2.45) is 5.41 Å². The van der Waals surface area contributed by atoms with Crippen LogP contribution in [-0.2, 0) is 42.3 Å². The first kappa shape index (κ1) is 30.3. The van der Waals surface area contributed by atoms with Crippen molar-refractivity contribution >= 4 is 33.6 Å². The molecule has 0 unspecified atom stereocenters. The van der Waals surface area contributed by atoms with E-state index < -0.39 is 33.3 Å². The molecule has 1 aliphatic rings. The largest absolute Gasteiger partial charge is 0.460 e. The molecule has 4 aromatic carbocycles. The molecule has 0 amide bonds. The number of aryl methyl sites for hydroxylation is 1. The Morgan fingerprint density at radius 1 is 0.822 bits per heavy atom. The summed E-state index contributed by atoms with van der Waals surface area (Å²) in [5.74, 6) is -2.45. The zero-order chi connectivity index (χ0) is 31.6. The van der Waals surface area contributed by atoms with Crippen LogP contribution in [0, 0.1) is 12.3 Å². The zero-order valence-electron chi connectivity index (χ0n) is 24.3. The number of aromatic nitrogens is 2. The van der Waals surface area contributed by atoms with Gasteiger partial charge in [-0.25, -0.2) is 0 Å². The van der Waals surface area contributed by atoms with Gasteiger partial charge in [0.05, 0.1) is 16.3 Å². The van der Waals surface area contributed by atoms with E-state index in [1.165, 1.54) is 12.1 Å². The number of hydrogen-bond donors (Lipinski definition) is 0. The van der Waals surface area contributed by atoms with E-state index in [-0.39, 0.29) is 30.2 Å². The van der Waals surface area contributed by atoms with Crippen LogP contribution < -0.4 is 0 Å². The van der Waals surface area contributed by atoms with Crippen molar-refractivity contribution in [2.45, 2.75) is 37.4 Å². The molecule has 45 heavy (non-hydrogen) atoms. The first-order valence-corrected chi connectivity index (χ1v) is 16.1. The van der Waals surface area contributed by atoms with Gasteiger partial charge in [0.2, 0.25) is 0 Å². The molecule has 228 valence electrons. The summed E-state index contributed by atoms with van der Waals surface area (Å²) in [6.45, 7) is 1.74. The molecule has 0 bridgehead atoms. The summed E-state index contributed by atoms with van der Waals surface area (Å²) in [6, 6.07) is 33.0. The molecule has 0 N–H and O–H groups in total. The van der Waals surface area contributed by atoms with E-state index in [1.54, 1.807) is 66.7 Å². The maximum absolute atomic E-state index is 14.0. The molecule has 1 saturated carbocycles. The second-order valence-corrected chi connectivity index (χ2v) is 13.2. The molecule has 0 radical (unpaired) electrons. The van der Waals surface area contributed by atoms with Gasteiger partial charge in [0.15, 0.2) is 5.41 Å². The smallest absolute Gasteiger partial charge is 0.324 e. The lowest BCUT2D eigenvalue weighted by Gasteiger charge is -2.17. The van der Waals surface area contributed by atoms with Gasteiger partial charge >= 0.3 is 11.9 Å². The molecule has 0 spiro atoms. The lowest BCUT2D eigenvalue weighted by atomic mass is 10.0. The quantitative estimate of drug-likeness (QED) is 0.123. The summed E-state index contributed by atoms with van der Waals surface area (Å²) >= 11 is 6.09. The first-order valence-electron chi connectivity index (χ1n) is 14.3. The fourth-order valence-electron chi connectivity index (χ4n) is 5.24. The standard InChI is InChI=1S/C35H29ClN2O6S/c1-24-12-18-29(19-13-24)45(41,42)38-32(20-31(37-38)27-14-16-28(36)17-15-27)30-21-35(30,33(39)43-22-25-8-4-2-5-9-25)34(40)44-23-26-10-6-3-7-11-26/h2-20,30H,21-23H2,1H3/t30-/m1/s1. The lowest BCUT2D eigenvalue weighted by Crippen LogP contribution is -2.32. The van der Waals surface area contributed by atoms with E-state index >= 15 is 0 Å². The summed E-state index contributed by atoms with van der Waals surface area (Å²) in [5.41, 5.74) is 1.74.